The minimum atomic E-state index is 0.895. The summed E-state index contributed by atoms with van der Waals surface area (Å²) in [7, 11) is 1.69. The van der Waals surface area contributed by atoms with Crippen molar-refractivity contribution in [3.63, 3.8) is 0 Å². The predicted octanol–water partition coefficient (Wildman–Crippen LogP) is 3.07. The van der Waals surface area contributed by atoms with Crippen LogP contribution in [0.3, 0.4) is 0 Å². The monoisotopic (exact) mass is 246 g/mol. The van der Waals surface area contributed by atoms with Gasteiger partial charge in [0.1, 0.15) is 5.75 Å². The van der Waals surface area contributed by atoms with Gasteiger partial charge < -0.3 is 9.64 Å². The third-order valence-corrected chi connectivity index (χ3v) is 3.99. The van der Waals surface area contributed by atoms with E-state index in [1.807, 2.05) is 12.1 Å². The second-order valence-electron chi connectivity index (χ2n) is 4.04. The van der Waals surface area contributed by atoms with Crippen molar-refractivity contribution in [1.82, 2.24) is 4.98 Å². The molecule has 3 nitrogen and oxygen atoms in total. The normalized spacial score (nSPS) is 15.5. The van der Waals surface area contributed by atoms with Crippen molar-refractivity contribution in [2.75, 3.05) is 25.1 Å². The molecule has 0 radical (unpaired) electrons. The van der Waals surface area contributed by atoms with E-state index in [0.29, 0.717) is 0 Å². The number of thiazole rings is 1. The molecule has 0 unspecified atom stereocenters. The maximum absolute atomic E-state index is 5.23. The third kappa shape index (κ3) is 2.00. The van der Waals surface area contributed by atoms with Gasteiger partial charge >= 0.3 is 0 Å². The predicted molar refractivity (Wildman–Crippen MR) is 72.1 cm³/mol. The Bertz CT molecular complexity index is 562. The van der Waals surface area contributed by atoms with E-state index in [9.17, 15) is 0 Å². The molecule has 1 aliphatic rings. The van der Waals surface area contributed by atoms with E-state index in [-0.39, 0.29) is 0 Å². The van der Waals surface area contributed by atoms with Crippen molar-refractivity contribution in [2.45, 2.75) is 6.42 Å². The molecule has 0 saturated carbocycles. The number of nitrogens with zero attached hydrogens (tertiary/aromatic N) is 2. The highest BCUT2D eigenvalue weighted by molar-refractivity contribution is 7.22. The first-order valence-electron chi connectivity index (χ1n) is 5.71. The Balaban J connectivity index is 1.98. The lowest BCUT2D eigenvalue weighted by atomic mass is 10.3. The molecule has 1 aromatic carbocycles. The molecular weight excluding hydrogens is 232 g/mol. The summed E-state index contributed by atoms with van der Waals surface area (Å²) < 4.78 is 6.42. The first kappa shape index (κ1) is 10.6. The van der Waals surface area contributed by atoms with Crippen LogP contribution < -0.4 is 9.64 Å². The molecule has 0 fully saturated rings. The number of anilines is 1. The topological polar surface area (TPSA) is 25.4 Å². The molecule has 0 amide bonds. The average Bonchev–Trinajstić information content (AvgIpc) is 2.82. The molecule has 17 heavy (non-hydrogen) atoms. The molecule has 0 atom stereocenters. The van der Waals surface area contributed by atoms with E-state index in [1.165, 1.54) is 4.70 Å². The molecule has 0 saturated heterocycles. The van der Waals surface area contributed by atoms with E-state index < -0.39 is 0 Å². The van der Waals surface area contributed by atoms with Crippen molar-refractivity contribution in [3.8, 4) is 5.75 Å². The lowest BCUT2D eigenvalue weighted by Crippen LogP contribution is -2.26. The summed E-state index contributed by atoms with van der Waals surface area (Å²) in [6, 6.07) is 6.03. The summed E-state index contributed by atoms with van der Waals surface area (Å²) in [5.74, 6) is 0.895. The molecule has 0 bridgehead atoms. The van der Waals surface area contributed by atoms with Crippen molar-refractivity contribution in [3.05, 3.63) is 30.4 Å². The van der Waals surface area contributed by atoms with Crippen molar-refractivity contribution >= 4 is 26.7 Å². The van der Waals surface area contributed by atoms with E-state index in [0.717, 1.165) is 35.9 Å². The zero-order chi connectivity index (χ0) is 11.7. The van der Waals surface area contributed by atoms with Gasteiger partial charge in [0.05, 0.1) is 17.3 Å². The minimum Gasteiger partial charge on any atom is -0.497 e. The molecule has 1 aromatic heterocycles. The Kier molecular flexibility index (Phi) is 2.73. The summed E-state index contributed by atoms with van der Waals surface area (Å²) in [5, 5.41) is 1.11. The number of benzene rings is 1. The Morgan fingerprint density at radius 2 is 2.29 bits per heavy atom. The van der Waals surface area contributed by atoms with Crippen molar-refractivity contribution in [2.24, 2.45) is 0 Å². The van der Waals surface area contributed by atoms with Gasteiger partial charge in [-0.3, -0.25) is 0 Å². The standard InChI is InChI=1S/C13H14N2OS/c1-16-10-5-6-11-12(9-10)17-13(14-11)15-7-3-2-4-8-15/h2-3,5-6,9H,4,7-8H2,1H3. The van der Waals surface area contributed by atoms with Gasteiger partial charge in [-0.2, -0.15) is 0 Å². The Morgan fingerprint density at radius 3 is 3.06 bits per heavy atom. The smallest absolute Gasteiger partial charge is 0.186 e. The van der Waals surface area contributed by atoms with E-state index in [4.69, 9.17) is 4.74 Å². The van der Waals surface area contributed by atoms with Crippen molar-refractivity contribution < 1.29 is 4.74 Å². The van der Waals surface area contributed by atoms with Gasteiger partial charge in [0.25, 0.3) is 0 Å². The van der Waals surface area contributed by atoms with Crippen LogP contribution in [0.25, 0.3) is 10.2 Å². The van der Waals surface area contributed by atoms with Gasteiger partial charge in [0.15, 0.2) is 5.13 Å². The number of fused-ring (bicyclic) bond motifs is 1. The average molecular weight is 246 g/mol. The van der Waals surface area contributed by atoms with Gasteiger partial charge in [-0.1, -0.05) is 23.5 Å². The maximum atomic E-state index is 5.23. The number of aromatic nitrogens is 1. The summed E-state index contributed by atoms with van der Waals surface area (Å²) in [6.07, 6.45) is 5.54. The molecule has 0 N–H and O–H groups in total. The highest BCUT2D eigenvalue weighted by Crippen LogP contribution is 2.31. The van der Waals surface area contributed by atoms with Crippen LogP contribution in [-0.4, -0.2) is 25.2 Å². The minimum absolute atomic E-state index is 0.895. The largest absolute Gasteiger partial charge is 0.497 e. The summed E-state index contributed by atoms with van der Waals surface area (Å²) in [4.78, 5) is 6.98. The van der Waals surface area contributed by atoms with Crippen LogP contribution in [0.15, 0.2) is 30.4 Å². The molecule has 3 rings (SSSR count). The van der Waals surface area contributed by atoms with Crippen LogP contribution in [0.1, 0.15) is 6.42 Å². The van der Waals surface area contributed by atoms with Gasteiger partial charge in [0.2, 0.25) is 0 Å². The number of hydrogen-bond donors (Lipinski definition) is 0. The zero-order valence-corrected chi connectivity index (χ0v) is 10.5. The van der Waals surface area contributed by atoms with Gasteiger partial charge in [-0.25, -0.2) is 4.98 Å². The SMILES string of the molecule is COc1ccc2nc(N3CC=CCC3)sc2c1. The first-order valence-corrected chi connectivity index (χ1v) is 6.53. The van der Waals surface area contributed by atoms with Crippen LogP contribution in [0, 0.1) is 0 Å². The lowest BCUT2D eigenvalue weighted by Gasteiger charge is -2.21. The molecule has 2 aromatic rings. The molecule has 0 aliphatic carbocycles. The number of ether oxygens (including phenoxy) is 1. The Morgan fingerprint density at radius 1 is 1.35 bits per heavy atom. The van der Waals surface area contributed by atoms with Crippen LogP contribution in [0.2, 0.25) is 0 Å². The first-order chi connectivity index (χ1) is 8.36. The molecule has 1 aliphatic heterocycles. The fourth-order valence-corrected chi connectivity index (χ4v) is 3.00. The molecular formula is C13H14N2OS. The van der Waals surface area contributed by atoms with Crippen LogP contribution in [0.5, 0.6) is 5.75 Å². The quantitative estimate of drug-likeness (QED) is 0.761. The highest BCUT2D eigenvalue weighted by atomic mass is 32.1. The number of rotatable bonds is 2. The Hall–Kier alpha value is -1.55. The Labute approximate surface area is 104 Å². The van der Waals surface area contributed by atoms with Gasteiger partial charge in [0, 0.05) is 13.1 Å². The van der Waals surface area contributed by atoms with Crippen LogP contribution >= 0.6 is 11.3 Å². The highest BCUT2D eigenvalue weighted by Gasteiger charge is 2.12. The second-order valence-corrected chi connectivity index (χ2v) is 5.05. The maximum Gasteiger partial charge on any atom is 0.186 e. The summed E-state index contributed by atoms with van der Waals surface area (Å²) >= 11 is 1.73. The fourth-order valence-electron chi connectivity index (χ4n) is 1.97. The molecule has 2 heterocycles. The van der Waals surface area contributed by atoms with E-state index in [1.54, 1.807) is 18.4 Å². The zero-order valence-electron chi connectivity index (χ0n) is 9.72. The van der Waals surface area contributed by atoms with E-state index >= 15 is 0 Å². The summed E-state index contributed by atoms with van der Waals surface area (Å²) in [6.45, 7) is 2.03. The molecule has 0 spiro atoms. The van der Waals surface area contributed by atoms with Crippen molar-refractivity contribution in [1.29, 1.82) is 0 Å². The lowest BCUT2D eigenvalue weighted by molar-refractivity contribution is 0.415. The fraction of sp³-hybridized carbons (Fsp3) is 0.308. The van der Waals surface area contributed by atoms with Crippen LogP contribution in [-0.2, 0) is 0 Å². The molecule has 88 valence electrons. The van der Waals surface area contributed by atoms with Gasteiger partial charge in [-0.15, -0.1) is 0 Å². The second kappa shape index (κ2) is 4.37. The third-order valence-electron chi connectivity index (χ3n) is 2.91. The summed E-state index contributed by atoms with van der Waals surface area (Å²) in [5.41, 5.74) is 1.06. The molecule has 4 heteroatoms. The number of hydrogen-bond acceptors (Lipinski definition) is 4. The van der Waals surface area contributed by atoms with Gasteiger partial charge in [-0.05, 0) is 24.6 Å². The number of methoxy groups -OCH3 is 1. The van der Waals surface area contributed by atoms with Crippen LogP contribution in [0.4, 0.5) is 5.13 Å². The van der Waals surface area contributed by atoms with E-state index in [2.05, 4.69) is 28.1 Å².